The molecule has 4 N–H and O–H groups in total. The maximum absolute atomic E-state index is 12.2. The fraction of sp³-hybridized carbons (Fsp3) is 0.294. The van der Waals surface area contributed by atoms with E-state index in [0.717, 1.165) is 36.3 Å². The summed E-state index contributed by atoms with van der Waals surface area (Å²) < 4.78 is 10.8. The molecule has 1 amide bonds. The molecule has 1 atom stereocenters. The van der Waals surface area contributed by atoms with Crippen LogP contribution in [0.1, 0.15) is 40.9 Å². The van der Waals surface area contributed by atoms with Crippen LogP contribution in [-0.2, 0) is 11.3 Å². The zero-order chi connectivity index (χ0) is 16.5. The number of benzene rings is 1. The third kappa shape index (κ3) is 4.02. The number of nitrogens with two attached hydrogens (primary N) is 1. The van der Waals surface area contributed by atoms with E-state index in [0.29, 0.717) is 17.0 Å². The predicted molar refractivity (Wildman–Crippen MR) is 103 cm³/mol. The number of H-pyrrole nitrogens is 1. The van der Waals surface area contributed by atoms with Crippen LogP contribution in [0.4, 0.5) is 5.69 Å². The van der Waals surface area contributed by atoms with E-state index in [9.17, 15) is 4.79 Å². The Morgan fingerprint density at radius 2 is 2.19 bits per heavy atom. The van der Waals surface area contributed by atoms with Crippen molar-refractivity contribution in [1.82, 2.24) is 9.97 Å². The van der Waals surface area contributed by atoms with Gasteiger partial charge in [0.2, 0.25) is 0 Å². The van der Waals surface area contributed by atoms with Gasteiger partial charge in [0.15, 0.2) is 0 Å². The molecule has 0 saturated carbocycles. The number of aromatic nitrogens is 2. The summed E-state index contributed by atoms with van der Waals surface area (Å²) in [6, 6.07) is 7.20. The molecule has 0 aliphatic carbocycles. The van der Waals surface area contributed by atoms with Crippen molar-refractivity contribution < 1.29 is 13.9 Å². The molecule has 26 heavy (non-hydrogen) atoms. The fourth-order valence-corrected chi connectivity index (χ4v) is 2.86. The molecule has 1 unspecified atom stereocenters. The molecule has 0 radical (unpaired) electrons. The lowest BCUT2D eigenvalue weighted by Gasteiger charge is -2.03. The molecule has 1 aromatic carbocycles. The fourth-order valence-electron chi connectivity index (χ4n) is 2.86. The van der Waals surface area contributed by atoms with E-state index in [1.54, 1.807) is 6.07 Å². The highest BCUT2D eigenvalue weighted by molar-refractivity contribution is 6.04. The largest absolute Gasteiger partial charge is 0.467 e. The number of imidazole rings is 1. The van der Waals surface area contributed by atoms with Gasteiger partial charge in [-0.25, -0.2) is 4.98 Å². The van der Waals surface area contributed by atoms with Crippen LogP contribution >= 0.6 is 24.8 Å². The standard InChI is InChI=1S/C17H18N4O3.2ClH/c18-8-12-6-10(9-24-12)17(22)19-11-3-4-13-14(7-11)21-16(20-13)15-2-1-5-23-15;;/h3-4,6-7,9,15H,1-2,5,8,18H2,(H,19,22)(H,20,21);2*1H. The Hall–Kier alpha value is -2.06. The summed E-state index contributed by atoms with van der Waals surface area (Å²) in [5.41, 5.74) is 8.34. The number of carbonyl (C=O) groups is 1. The monoisotopic (exact) mass is 398 g/mol. The normalized spacial score (nSPS) is 16.1. The average molecular weight is 399 g/mol. The van der Waals surface area contributed by atoms with E-state index in [4.69, 9.17) is 14.9 Å². The Bertz CT molecular complexity index is 887. The second-order valence-electron chi connectivity index (χ2n) is 5.82. The lowest BCUT2D eigenvalue weighted by atomic mass is 10.2. The maximum Gasteiger partial charge on any atom is 0.258 e. The number of anilines is 1. The Balaban J connectivity index is 0.00000121. The summed E-state index contributed by atoms with van der Waals surface area (Å²) in [4.78, 5) is 20.1. The highest BCUT2D eigenvalue weighted by atomic mass is 35.5. The van der Waals surface area contributed by atoms with Crippen LogP contribution in [0.25, 0.3) is 11.0 Å². The number of fused-ring (bicyclic) bond motifs is 1. The van der Waals surface area contributed by atoms with Crippen LogP contribution in [-0.4, -0.2) is 22.5 Å². The van der Waals surface area contributed by atoms with Crippen molar-refractivity contribution in [3.63, 3.8) is 0 Å². The second kappa shape index (κ2) is 8.55. The van der Waals surface area contributed by atoms with Crippen molar-refractivity contribution in [2.24, 2.45) is 5.73 Å². The quantitative estimate of drug-likeness (QED) is 0.622. The Morgan fingerprint density at radius 1 is 1.35 bits per heavy atom. The van der Waals surface area contributed by atoms with Crippen LogP contribution in [0.15, 0.2) is 34.9 Å². The molecule has 1 aliphatic rings. The van der Waals surface area contributed by atoms with Crippen molar-refractivity contribution >= 4 is 47.4 Å². The minimum absolute atomic E-state index is 0. The molecule has 7 nitrogen and oxygen atoms in total. The minimum atomic E-state index is -0.239. The summed E-state index contributed by atoms with van der Waals surface area (Å²) >= 11 is 0. The summed E-state index contributed by atoms with van der Waals surface area (Å²) in [5.74, 6) is 1.18. The zero-order valence-corrected chi connectivity index (χ0v) is 15.5. The first kappa shape index (κ1) is 20.3. The second-order valence-corrected chi connectivity index (χ2v) is 5.82. The summed E-state index contributed by atoms with van der Waals surface area (Å²) in [5, 5.41) is 2.85. The Labute approximate surface area is 162 Å². The van der Waals surface area contributed by atoms with E-state index in [-0.39, 0.29) is 43.4 Å². The molecule has 0 spiro atoms. The number of rotatable bonds is 4. The number of nitrogens with one attached hydrogen (secondary N) is 2. The van der Waals surface area contributed by atoms with Gasteiger partial charge in [-0.05, 0) is 37.1 Å². The van der Waals surface area contributed by atoms with Crippen molar-refractivity contribution in [3.8, 4) is 0 Å². The number of nitrogens with zero attached hydrogens (tertiary/aromatic N) is 1. The van der Waals surface area contributed by atoms with Crippen molar-refractivity contribution in [3.05, 3.63) is 47.7 Å². The summed E-state index contributed by atoms with van der Waals surface area (Å²) in [6.45, 7) is 1.04. The lowest BCUT2D eigenvalue weighted by molar-refractivity contribution is 0.102. The number of hydrogen-bond donors (Lipinski definition) is 3. The van der Waals surface area contributed by atoms with Crippen LogP contribution in [0.3, 0.4) is 0 Å². The molecule has 9 heteroatoms. The van der Waals surface area contributed by atoms with Gasteiger partial charge >= 0.3 is 0 Å². The van der Waals surface area contributed by atoms with E-state index in [2.05, 4.69) is 15.3 Å². The first-order chi connectivity index (χ1) is 11.7. The number of carbonyl (C=O) groups excluding carboxylic acids is 1. The van der Waals surface area contributed by atoms with Gasteiger partial charge in [0.05, 0.1) is 23.1 Å². The van der Waals surface area contributed by atoms with Crippen molar-refractivity contribution in [2.75, 3.05) is 11.9 Å². The van der Waals surface area contributed by atoms with Gasteiger partial charge in [0.25, 0.3) is 5.91 Å². The van der Waals surface area contributed by atoms with Crippen molar-refractivity contribution in [1.29, 1.82) is 0 Å². The average Bonchev–Trinajstić information content (AvgIpc) is 3.32. The van der Waals surface area contributed by atoms with Crippen molar-refractivity contribution in [2.45, 2.75) is 25.5 Å². The minimum Gasteiger partial charge on any atom is -0.467 e. The molecule has 1 fully saturated rings. The van der Waals surface area contributed by atoms with Crippen LogP contribution in [0, 0.1) is 0 Å². The number of ether oxygens (including phenoxy) is 1. The molecule has 4 rings (SSSR count). The third-order valence-electron chi connectivity index (χ3n) is 4.11. The topological polar surface area (TPSA) is 106 Å². The van der Waals surface area contributed by atoms with E-state index in [1.807, 2.05) is 18.2 Å². The van der Waals surface area contributed by atoms with Gasteiger partial charge in [0, 0.05) is 12.3 Å². The smallest absolute Gasteiger partial charge is 0.258 e. The predicted octanol–water partition coefficient (Wildman–Crippen LogP) is 3.56. The molecule has 2 aromatic heterocycles. The Morgan fingerprint density at radius 3 is 2.88 bits per heavy atom. The lowest BCUT2D eigenvalue weighted by Crippen LogP contribution is -2.10. The first-order valence-electron chi connectivity index (χ1n) is 7.93. The number of amides is 1. The molecular weight excluding hydrogens is 379 g/mol. The number of furan rings is 1. The highest BCUT2D eigenvalue weighted by Gasteiger charge is 2.21. The van der Waals surface area contributed by atoms with E-state index < -0.39 is 0 Å². The summed E-state index contributed by atoms with van der Waals surface area (Å²) in [6.07, 6.45) is 3.48. The molecule has 1 saturated heterocycles. The van der Waals surface area contributed by atoms with E-state index in [1.165, 1.54) is 6.26 Å². The van der Waals surface area contributed by atoms with Gasteiger partial charge < -0.3 is 25.2 Å². The van der Waals surface area contributed by atoms with Gasteiger partial charge in [0.1, 0.15) is 24.0 Å². The molecule has 0 bridgehead atoms. The van der Waals surface area contributed by atoms with Gasteiger partial charge in [-0.2, -0.15) is 0 Å². The number of halogens is 2. The SMILES string of the molecule is Cl.Cl.NCc1cc(C(=O)Nc2ccc3nc(C4CCCO4)[nH]c3c2)co1. The first-order valence-corrected chi connectivity index (χ1v) is 7.93. The van der Waals surface area contributed by atoms with Gasteiger partial charge in [-0.15, -0.1) is 24.8 Å². The zero-order valence-electron chi connectivity index (χ0n) is 13.9. The summed E-state index contributed by atoms with van der Waals surface area (Å²) in [7, 11) is 0. The molecule has 140 valence electrons. The maximum atomic E-state index is 12.2. The molecule has 3 aromatic rings. The highest BCUT2D eigenvalue weighted by Crippen LogP contribution is 2.28. The Kier molecular flexibility index (Phi) is 6.66. The van der Waals surface area contributed by atoms with Crippen LogP contribution < -0.4 is 11.1 Å². The van der Waals surface area contributed by atoms with E-state index >= 15 is 0 Å². The van der Waals surface area contributed by atoms with Gasteiger partial charge in [-0.1, -0.05) is 0 Å². The number of hydrogen-bond acceptors (Lipinski definition) is 5. The van der Waals surface area contributed by atoms with Crippen LogP contribution in [0.5, 0.6) is 0 Å². The van der Waals surface area contributed by atoms with Crippen LogP contribution in [0.2, 0.25) is 0 Å². The third-order valence-corrected chi connectivity index (χ3v) is 4.11. The molecule has 1 aliphatic heterocycles. The molecule has 3 heterocycles. The number of aromatic amines is 1. The molecular formula is C17H20Cl2N4O3. The van der Waals surface area contributed by atoms with Gasteiger partial charge in [-0.3, -0.25) is 4.79 Å².